The fourth-order valence-corrected chi connectivity index (χ4v) is 3.30. The molecule has 18 heavy (non-hydrogen) atoms. The minimum absolute atomic E-state index is 0.167. The predicted octanol–water partition coefficient (Wildman–Crippen LogP) is 4.01. The van der Waals surface area contributed by atoms with E-state index in [9.17, 15) is 0 Å². The zero-order valence-corrected chi connectivity index (χ0v) is 12.7. The van der Waals surface area contributed by atoms with Crippen LogP contribution in [0.3, 0.4) is 0 Å². The van der Waals surface area contributed by atoms with Gasteiger partial charge in [0.15, 0.2) is 0 Å². The molecule has 0 aromatic heterocycles. The van der Waals surface area contributed by atoms with Crippen molar-refractivity contribution in [1.29, 1.82) is 0 Å². The lowest BCUT2D eigenvalue weighted by Crippen LogP contribution is -2.27. The van der Waals surface area contributed by atoms with Gasteiger partial charge in [0.05, 0.1) is 7.11 Å². The molecule has 0 saturated carbocycles. The molecule has 102 valence electrons. The lowest BCUT2D eigenvalue weighted by Gasteiger charge is -2.27. The number of nitrogens with two attached hydrogens (primary N) is 1. The molecule has 2 nitrogen and oxygen atoms in total. The van der Waals surface area contributed by atoms with Crippen molar-refractivity contribution in [2.45, 2.75) is 50.2 Å². The molecule has 0 radical (unpaired) electrons. The second-order valence-corrected chi connectivity index (χ2v) is 6.17. The molecule has 0 aliphatic rings. The number of rotatable bonds is 7. The molecule has 1 aromatic carbocycles. The Morgan fingerprint density at radius 1 is 1.22 bits per heavy atom. The summed E-state index contributed by atoms with van der Waals surface area (Å²) in [5.41, 5.74) is 7.52. The Morgan fingerprint density at radius 3 is 2.44 bits per heavy atom. The fraction of sp³-hybridized carbons (Fsp3) is 0.600. The van der Waals surface area contributed by atoms with E-state index in [2.05, 4.69) is 32.9 Å². The molecule has 0 fully saturated rings. The average molecular weight is 267 g/mol. The molecule has 1 aromatic rings. The Hall–Kier alpha value is -0.670. The van der Waals surface area contributed by atoms with E-state index in [1.807, 2.05) is 23.9 Å². The minimum Gasteiger partial charge on any atom is -0.496 e. The number of hydrogen-bond donors (Lipinski definition) is 1. The first-order chi connectivity index (χ1) is 8.63. The largest absolute Gasteiger partial charge is 0.496 e. The van der Waals surface area contributed by atoms with E-state index in [1.54, 1.807) is 7.11 Å². The molecule has 0 heterocycles. The summed E-state index contributed by atoms with van der Waals surface area (Å²) >= 11 is 1.95. The number of benzene rings is 1. The van der Waals surface area contributed by atoms with Crippen molar-refractivity contribution in [3.63, 3.8) is 0 Å². The highest BCUT2D eigenvalue weighted by Gasteiger charge is 2.23. The number of thioether (sulfide) groups is 1. The molecule has 0 amide bonds. The van der Waals surface area contributed by atoms with Gasteiger partial charge >= 0.3 is 0 Å². The van der Waals surface area contributed by atoms with Crippen LogP contribution >= 0.6 is 11.8 Å². The Balaban J connectivity index is 3.01. The number of methoxy groups -OCH3 is 1. The Bertz CT molecular complexity index is 356. The lowest BCUT2D eigenvalue weighted by molar-refractivity contribution is 0.407. The van der Waals surface area contributed by atoms with Crippen molar-refractivity contribution in [2.24, 2.45) is 5.73 Å². The molecular formula is C15H25NOS. The monoisotopic (exact) mass is 267 g/mol. The molecular weight excluding hydrogens is 242 g/mol. The standard InChI is InChI=1S/C15H25NOS/c1-5-11(3)18-15(13(16)6-2)12-9-7-8-10-14(12)17-4/h7-11,13,15H,5-6,16H2,1-4H3. The summed E-state index contributed by atoms with van der Waals surface area (Å²) in [6.45, 7) is 6.62. The van der Waals surface area contributed by atoms with Crippen LogP contribution in [-0.2, 0) is 0 Å². The topological polar surface area (TPSA) is 35.2 Å². The van der Waals surface area contributed by atoms with Crippen LogP contribution in [0.25, 0.3) is 0 Å². The first kappa shape index (κ1) is 15.4. The summed E-state index contributed by atoms with van der Waals surface area (Å²) in [6, 6.07) is 8.38. The molecule has 1 rings (SSSR count). The Morgan fingerprint density at radius 2 is 1.89 bits per heavy atom. The van der Waals surface area contributed by atoms with Crippen LogP contribution in [-0.4, -0.2) is 18.4 Å². The van der Waals surface area contributed by atoms with Crippen LogP contribution in [0.1, 0.15) is 44.4 Å². The molecule has 2 N–H and O–H groups in total. The van der Waals surface area contributed by atoms with Crippen molar-refractivity contribution in [2.75, 3.05) is 7.11 Å². The summed E-state index contributed by atoms with van der Waals surface area (Å²) in [6.07, 6.45) is 2.14. The third-order valence-electron chi connectivity index (χ3n) is 3.26. The molecule has 3 atom stereocenters. The maximum absolute atomic E-state index is 6.30. The van der Waals surface area contributed by atoms with Gasteiger partial charge in [-0.3, -0.25) is 0 Å². The van der Waals surface area contributed by atoms with Crippen molar-refractivity contribution < 1.29 is 4.74 Å². The van der Waals surface area contributed by atoms with Gasteiger partial charge in [0, 0.05) is 22.1 Å². The molecule has 0 aliphatic heterocycles. The molecule has 3 unspecified atom stereocenters. The smallest absolute Gasteiger partial charge is 0.123 e. The van der Waals surface area contributed by atoms with Crippen molar-refractivity contribution >= 4 is 11.8 Å². The van der Waals surface area contributed by atoms with Crippen LogP contribution in [0.5, 0.6) is 5.75 Å². The maximum Gasteiger partial charge on any atom is 0.123 e. The zero-order valence-electron chi connectivity index (χ0n) is 11.8. The van der Waals surface area contributed by atoms with Crippen LogP contribution < -0.4 is 10.5 Å². The Labute approximate surface area is 115 Å². The van der Waals surface area contributed by atoms with Crippen molar-refractivity contribution in [3.05, 3.63) is 29.8 Å². The highest BCUT2D eigenvalue weighted by molar-refractivity contribution is 8.00. The molecule has 0 aliphatic carbocycles. The second kappa shape index (κ2) is 7.70. The van der Waals surface area contributed by atoms with E-state index in [-0.39, 0.29) is 6.04 Å². The average Bonchev–Trinajstić information content (AvgIpc) is 2.43. The van der Waals surface area contributed by atoms with Gasteiger partial charge in [-0.2, -0.15) is 0 Å². The maximum atomic E-state index is 6.30. The number of ether oxygens (including phenoxy) is 1. The van der Waals surface area contributed by atoms with Gasteiger partial charge in [-0.1, -0.05) is 39.0 Å². The van der Waals surface area contributed by atoms with Crippen LogP contribution in [0.2, 0.25) is 0 Å². The van der Waals surface area contributed by atoms with E-state index in [0.717, 1.165) is 18.6 Å². The van der Waals surface area contributed by atoms with Gasteiger partial charge < -0.3 is 10.5 Å². The first-order valence-electron chi connectivity index (χ1n) is 6.67. The molecule has 0 saturated heterocycles. The molecule has 0 bridgehead atoms. The SMILES string of the molecule is CCC(C)SC(c1ccccc1OC)C(N)CC. The normalized spacial score (nSPS) is 16.1. The predicted molar refractivity (Wildman–Crippen MR) is 81.3 cm³/mol. The number of para-hydroxylation sites is 1. The summed E-state index contributed by atoms with van der Waals surface area (Å²) in [5.74, 6) is 0.946. The highest BCUT2D eigenvalue weighted by atomic mass is 32.2. The second-order valence-electron chi connectivity index (χ2n) is 4.59. The summed E-state index contributed by atoms with van der Waals surface area (Å²) in [7, 11) is 1.72. The van der Waals surface area contributed by atoms with E-state index in [1.165, 1.54) is 5.56 Å². The third kappa shape index (κ3) is 3.92. The summed E-state index contributed by atoms with van der Waals surface area (Å²) in [5, 5.41) is 0.915. The highest BCUT2D eigenvalue weighted by Crippen LogP contribution is 2.40. The zero-order chi connectivity index (χ0) is 13.5. The lowest BCUT2D eigenvalue weighted by atomic mass is 10.0. The minimum atomic E-state index is 0.167. The van der Waals surface area contributed by atoms with E-state index < -0.39 is 0 Å². The van der Waals surface area contributed by atoms with Crippen molar-refractivity contribution in [3.8, 4) is 5.75 Å². The molecule has 3 heteroatoms. The van der Waals surface area contributed by atoms with Gasteiger partial charge in [-0.15, -0.1) is 11.8 Å². The first-order valence-corrected chi connectivity index (χ1v) is 7.62. The van der Waals surface area contributed by atoms with Crippen LogP contribution in [0, 0.1) is 0 Å². The molecule has 0 spiro atoms. The van der Waals surface area contributed by atoms with E-state index in [0.29, 0.717) is 10.5 Å². The van der Waals surface area contributed by atoms with Gasteiger partial charge in [0.25, 0.3) is 0 Å². The number of hydrogen-bond acceptors (Lipinski definition) is 3. The fourth-order valence-electron chi connectivity index (χ4n) is 1.87. The van der Waals surface area contributed by atoms with Crippen LogP contribution in [0.4, 0.5) is 0 Å². The van der Waals surface area contributed by atoms with Gasteiger partial charge in [0.2, 0.25) is 0 Å². The quantitative estimate of drug-likeness (QED) is 0.811. The summed E-state index contributed by atoms with van der Waals surface area (Å²) < 4.78 is 5.47. The van der Waals surface area contributed by atoms with E-state index >= 15 is 0 Å². The Kier molecular flexibility index (Phi) is 6.58. The van der Waals surface area contributed by atoms with Gasteiger partial charge in [-0.05, 0) is 18.9 Å². The van der Waals surface area contributed by atoms with E-state index in [4.69, 9.17) is 10.5 Å². The van der Waals surface area contributed by atoms with Crippen LogP contribution in [0.15, 0.2) is 24.3 Å². The van der Waals surface area contributed by atoms with Crippen molar-refractivity contribution in [1.82, 2.24) is 0 Å². The van der Waals surface area contributed by atoms with Gasteiger partial charge in [0.1, 0.15) is 5.75 Å². The third-order valence-corrected chi connectivity index (χ3v) is 4.95. The van der Waals surface area contributed by atoms with Gasteiger partial charge in [-0.25, -0.2) is 0 Å². The summed E-state index contributed by atoms with van der Waals surface area (Å²) in [4.78, 5) is 0.